The number of nitrogens with zero attached hydrogens (tertiary/aromatic N) is 2. The SMILES string of the molecule is Oc1ccc(-c2cc(Cl)nc(-c3ccccc3)n2)c(O)c1. The fourth-order valence-electron chi connectivity index (χ4n) is 2.01. The van der Waals surface area contributed by atoms with Crippen molar-refractivity contribution in [3.63, 3.8) is 0 Å². The molecular weight excluding hydrogens is 288 g/mol. The summed E-state index contributed by atoms with van der Waals surface area (Å²) in [4.78, 5) is 8.63. The van der Waals surface area contributed by atoms with Crippen LogP contribution in [0.4, 0.5) is 0 Å². The van der Waals surface area contributed by atoms with E-state index in [0.29, 0.717) is 17.1 Å². The van der Waals surface area contributed by atoms with Gasteiger partial charge in [0.05, 0.1) is 5.69 Å². The van der Waals surface area contributed by atoms with E-state index in [-0.39, 0.29) is 16.7 Å². The fourth-order valence-corrected chi connectivity index (χ4v) is 2.19. The third kappa shape index (κ3) is 2.80. The minimum absolute atomic E-state index is 0.0142. The number of phenols is 2. The Morgan fingerprint density at radius 2 is 1.62 bits per heavy atom. The van der Waals surface area contributed by atoms with Crippen molar-refractivity contribution in [1.29, 1.82) is 0 Å². The van der Waals surface area contributed by atoms with Crippen molar-refractivity contribution >= 4 is 11.6 Å². The smallest absolute Gasteiger partial charge is 0.161 e. The summed E-state index contributed by atoms with van der Waals surface area (Å²) in [6, 6.07) is 15.3. The molecule has 0 aliphatic heterocycles. The predicted molar refractivity (Wildman–Crippen MR) is 81.2 cm³/mol. The quantitative estimate of drug-likeness (QED) is 0.705. The number of halogens is 1. The second-order valence-corrected chi connectivity index (χ2v) is 4.85. The topological polar surface area (TPSA) is 66.2 Å². The van der Waals surface area contributed by atoms with Crippen LogP contribution in [0.3, 0.4) is 0 Å². The molecule has 0 radical (unpaired) electrons. The maximum absolute atomic E-state index is 9.93. The highest BCUT2D eigenvalue weighted by Crippen LogP contribution is 2.32. The van der Waals surface area contributed by atoms with Crippen LogP contribution in [-0.4, -0.2) is 20.2 Å². The van der Waals surface area contributed by atoms with Gasteiger partial charge in [-0.1, -0.05) is 41.9 Å². The van der Waals surface area contributed by atoms with Gasteiger partial charge in [0.15, 0.2) is 5.82 Å². The van der Waals surface area contributed by atoms with Crippen LogP contribution in [0.2, 0.25) is 5.15 Å². The number of hydrogen-bond acceptors (Lipinski definition) is 4. The van der Waals surface area contributed by atoms with Crippen LogP contribution in [0.1, 0.15) is 0 Å². The lowest BCUT2D eigenvalue weighted by Crippen LogP contribution is -1.93. The van der Waals surface area contributed by atoms with Gasteiger partial charge < -0.3 is 10.2 Å². The summed E-state index contributed by atoms with van der Waals surface area (Å²) in [6.45, 7) is 0. The molecule has 1 heterocycles. The first kappa shape index (κ1) is 13.4. The molecule has 2 N–H and O–H groups in total. The molecule has 104 valence electrons. The summed E-state index contributed by atoms with van der Waals surface area (Å²) in [5.41, 5.74) is 1.81. The Bertz CT molecular complexity index is 792. The van der Waals surface area contributed by atoms with Crippen molar-refractivity contribution in [1.82, 2.24) is 9.97 Å². The monoisotopic (exact) mass is 298 g/mol. The van der Waals surface area contributed by atoms with Crippen LogP contribution in [-0.2, 0) is 0 Å². The van der Waals surface area contributed by atoms with Crippen molar-refractivity contribution in [2.24, 2.45) is 0 Å². The minimum Gasteiger partial charge on any atom is -0.508 e. The van der Waals surface area contributed by atoms with E-state index in [1.807, 2.05) is 30.3 Å². The van der Waals surface area contributed by atoms with Crippen molar-refractivity contribution in [2.45, 2.75) is 0 Å². The summed E-state index contributed by atoms with van der Waals surface area (Å²) in [6.07, 6.45) is 0. The van der Waals surface area contributed by atoms with E-state index in [1.165, 1.54) is 12.1 Å². The molecular formula is C16H11ClN2O2. The molecule has 3 rings (SSSR count). The maximum atomic E-state index is 9.93. The highest BCUT2D eigenvalue weighted by Gasteiger charge is 2.11. The number of aromatic nitrogens is 2. The van der Waals surface area contributed by atoms with E-state index < -0.39 is 0 Å². The van der Waals surface area contributed by atoms with Crippen LogP contribution in [0, 0.1) is 0 Å². The number of rotatable bonds is 2. The Kier molecular flexibility index (Phi) is 3.46. The zero-order valence-electron chi connectivity index (χ0n) is 10.9. The van der Waals surface area contributed by atoms with E-state index in [9.17, 15) is 10.2 Å². The molecule has 0 saturated heterocycles. The lowest BCUT2D eigenvalue weighted by molar-refractivity contribution is 0.452. The zero-order chi connectivity index (χ0) is 14.8. The molecule has 1 aromatic heterocycles. The predicted octanol–water partition coefficient (Wildman–Crippen LogP) is 3.88. The molecule has 5 heteroatoms. The van der Waals surface area contributed by atoms with Gasteiger partial charge in [0.25, 0.3) is 0 Å². The molecule has 21 heavy (non-hydrogen) atoms. The summed E-state index contributed by atoms with van der Waals surface area (Å²) in [7, 11) is 0. The van der Waals surface area contributed by atoms with Crippen molar-refractivity contribution in [3.05, 3.63) is 59.8 Å². The van der Waals surface area contributed by atoms with Gasteiger partial charge in [-0.2, -0.15) is 0 Å². The van der Waals surface area contributed by atoms with Gasteiger partial charge in [-0.15, -0.1) is 0 Å². The molecule has 4 nitrogen and oxygen atoms in total. The summed E-state index contributed by atoms with van der Waals surface area (Å²) >= 11 is 6.05. The third-order valence-electron chi connectivity index (χ3n) is 2.98. The van der Waals surface area contributed by atoms with Crippen molar-refractivity contribution < 1.29 is 10.2 Å². The van der Waals surface area contributed by atoms with E-state index in [4.69, 9.17) is 11.6 Å². The Hall–Kier alpha value is -2.59. The van der Waals surface area contributed by atoms with Gasteiger partial charge in [-0.25, -0.2) is 9.97 Å². The average molecular weight is 299 g/mol. The summed E-state index contributed by atoms with van der Waals surface area (Å²) < 4.78 is 0. The Balaban J connectivity index is 2.14. The molecule has 0 unspecified atom stereocenters. The van der Waals surface area contributed by atoms with Gasteiger partial charge in [0.1, 0.15) is 16.7 Å². The standard InChI is InChI=1S/C16H11ClN2O2/c17-15-9-13(12-7-6-11(20)8-14(12)21)18-16(19-15)10-4-2-1-3-5-10/h1-9,20-21H. The van der Waals surface area contributed by atoms with Crippen LogP contribution in [0.25, 0.3) is 22.6 Å². The Morgan fingerprint density at radius 3 is 2.33 bits per heavy atom. The van der Waals surface area contributed by atoms with Crippen molar-refractivity contribution in [3.8, 4) is 34.1 Å². The first-order valence-electron chi connectivity index (χ1n) is 6.26. The van der Waals surface area contributed by atoms with Crippen LogP contribution < -0.4 is 0 Å². The average Bonchev–Trinajstić information content (AvgIpc) is 2.47. The lowest BCUT2D eigenvalue weighted by atomic mass is 10.1. The molecule has 0 saturated carbocycles. The second kappa shape index (κ2) is 5.42. The zero-order valence-corrected chi connectivity index (χ0v) is 11.6. The second-order valence-electron chi connectivity index (χ2n) is 4.47. The molecule has 0 aliphatic rings. The first-order valence-corrected chi connectivity index (χ1v) is 6.63. The van der Waals surface area contributed by atoms with E-state index in [2.05, 4.69) is 9.97 Å². The summed E-state index contributed by atoms with van der Waals surface area (Å²) in [5.74, 6) is 0.397. The fraction of sp³-hybridized carbons (Fsp3) is 0. The van der Waals surface area contributed by atoms with Gasteiger partial charge in [0.2, 0.25) is 0 Å². The molecule has 0 aliphatic carbocycles. The molecule has 3 aromatic rings. The van der Waals surface area contributed by atoms with E-state index >= 15 is 0 Å². The minimum atomic E-state index is -0.0659. The van der Waals surface area contributed by atoms with Crippen LogP contribution >= 0.6 is 11.6 Å². The maximum Gasteiger partial charge on any atom is 0.161 e. The highest BCUT2D eigenvalue weighted by atomic mass is 35.5. The van der Waals surface area contributed by atoms with E-state index in [1.54, 1.807) is 12.1 Å². The van der Waals surface area contributed by atoms with Gasteiger partial charge >= 0.3 is 0 Å². The lowest BCUT2D eigenvalue weighted by Gasteiger charge is -2.07. The van der Waals surface area contributed by atoms with Crippen molar-refractivity contribution in [2.75, 3.05) is 0 Å². The molecule has 0 spiro atoms. The molecule has 2 aromatic carbocycles. The molecule has 0 atom stereocenters. The first-order chi connectivity index (χ1) is 10.1. The normalized spacial score (nSPS) is 10.5. The Morgan fingerprint density at radius 1 is 0.857 bits per heavy atom. The summed E-state index contributed by atoms with van der Waals surface area (Å²) in [5, 5.41) is 19.6. The van der Waals surface area contributed by atoms with Gasteiger partial charge in [-0.05, 0) is 12.1 Å². The molecule has 0 bridgehead atoms. The molecule has 0 fully saturated rings. The number of benzene rings is 2. The van der Waals surface area contributed by atoms with Gasteiger partial charge in [0, 0.05) is 23.3 Å². The van der Waals surface area contributed by atoms with Crippen LogP contribution in [0.5, 0.6) is 11.5 Å². The molecule has 0 amide bonds. The van der Waals surface area contributed by atoms with E-state index in [0.717, 1.165) is 5.56 Å². The number of hydrogen-bond donors (Lipinski definition) is 2. The largest absolute Gasteiger partial charge is 0.508 e. The number of phenolic OH excluding ortho intramolecular Hbond substituents is 2. The third-order valence-corrected chi connectivity index (χ3v) is 3.18. The number of aromatic hydroxyl groups is 2. The van der Waals surface area contributed by atoms with Crippen LogP contribution in [0.15, 0.2) is 54.6 Å². The Labute approximate surface area is 126 Å². The highest BCUT2D eigenvalue weighted by molar-refractivity contribution is 6.29. The van der Waals surface area contributed by atoms with Gasteiger partial charge in [-0.3, -0.25) is 0 Å².